The number of carbonyl (C=O) groups excluding carboxylic acids is 2. The molecule has 3 aromatic rings. The number of hydrogen-bond donors (Lipinski definition) is 1. The smallest absolute Gasteiger partial charge is 0.264 e. The fraction of sp³-hybridized carbons (Fsp3) is 0.333. The quantitative estimate of drug-likeness (QED) is 0.272. The van der Waals surface area contributed by atoms with Gasteiger partial charge in [-0.15, -0.1) is 0 Å². The van der Waals surface area contributed by atoms with E-state index in [9.17, 15) is 18.0 Å². The van der Waals surface area contributed by atoms with E-state index < -0.39 is 28.5 Å². The van der Waals surface area contributed by atoms with Gasteiger partial charge in [0.25, 0.3) is 10.0 Å². The Kier molecular flexibility index (Phi) is 11.0. The minimum absolute atomic E-state index is 0.0266. The highest BCUT2D eigenvalue weighted by atomic mass is 35.5. The molecule has 0 aromatic heterocycles. The fourth-order valence-electron chi connectivity index (χ4n) is 4.03. The second-order valence-corrected chi connectivity index (χ2v) is 12.3. The molecule has 0 aliphatic heterocycles. The van der Waals surface area contributed by atoms with Crippen LogP contribution in [-0.2, 0) is 32.6 Å². The van der Waals surface area contributed by atoms with Gasteiger partial charge in [0.05, 0.1) is 20.6 Å². The average Bonchev–Trinajstić information content (AvgIpc) is 2.96. The van der Waals surface area contributed by atoms with Crippen molar-refractivity contribution in [2.24, 2.45) is 0 Å². The van der Waals surface area contributed by atoms with Gasteiger partial charge in [0, 0.05) is 12.6 Å². The third-order valence-corrected chi connectivity index (χ3v) is 9.28. The molecule has 2 amide bonds. The van der Waals surface area contributed by atoms with Gasteiger partial charge < -0.3 is 10.2 Å². The Hall–Kier alpha value is -3.07. The van der Waals surface area contributed by atoms with Crippen LogP contribution < -0.4 is 9.62 Å². The molecule has 2 atom stereocenters. The van der Waals surface area contributed by atoms with Gasteiger partial charge in [0.15, 0.2) is 0 Å². The number of sulfonamides is 1. The van der Waals surface area contributed by atoms with Crippen molar-refractivity contribution in [2.75, 3.05) is 10.8 Å². The predicted octanol–water partition coefficient (Wildman–Crippen LogP) is 6.08. The molecule has 0 spiro atoms. The highest BCUT2D eigenvalue weighted by molar-refractivity contribution is 7.92. The van der Waals surface area contributed by atoms with Crippen LogP contribution in [0.25, 0.3) is 0 Å². The number of nitrogens with zero attached hydrogens (tertiary/aromatic N) is 2. The topological polar surface area (TPSA) is 86.8 Å². The summed E-state index contributed by atoms with van der Waals surface area (Å²) in [6.45, 7) is 6.97. The summed E-state index contributed by atoms with van der Waals surface area (Å²) in [6.07, 6.45) is 1.50. The molecule has 214 valence electrons. The number of benzene rings is 3. The van der Waals surface area contributed by atoms with Gasteiger partial charge in [-0.1, -0.05) is 73.4 Å². The van der Waals surface area contributed by atoms with E-state index in [-0.39, 0.29) is 23.4 Å². The number of aryl methyl sites for hydroxylation is 1. The van der Waals surface area contributed by atoms with Gasteiger partial charge >= 0.3 is 0 Å². The van der Waals surface area contributed by atoms with Gasteiger partial charge in [-0.05, 0) is 74.2 Å². The minimum Gasteiger partial charge on any atom is -0.352 e. The lowest BCUT2D eigenvalue weighted by molar-refractivity contribution is -0.139. The maximum absolute atomic E-state index is 14.0. The Labute approximate surface area is 247 Å². The highest BCUT2D eigenvalue weighted by Crippen LogP contribution is 2.26. The molecule has 0 aliphatic rings. The summed E-state index contributed by atoms with van der Waals surface area (Å²) >= 11 is 12.3. The maximum atomic E-state index is 14.0. The monoisotopic (exact) mass is 603 g/mol. The third-order valence-electron chi connectivity index (χ3n) is 6.75. The number of amides is 2. The standard InChI is InChI=1S/C30H35Cl2N3O4S/c1-5-21(3)33-30(37)22(4)34(19-24-14-17-27(31)28(32)18-24)29(36)20-35(25-15-12-23(6-2)13-16-25)40(38,39)26-10-8-7-9-11-26/h7-18,21-22H,5-6,19-20H2,1-4H3,(H,33,37)/t21-,22-/m1/s1. The Morgan fingerprint density at radius 3 is 2.08 bits per heavy atom. The zero-order valence-corrected chi connectivity index (χ0v) is 25.4. The molecule has 0 unspecified atom stereocenters. The van der Waals surface area contributed by atoms with Crippen LogP contribution in [0.5, 0.6) is 0 Å². The molecular formula is C30H35Cl2N3O4S. The van der Waals surface area contributed by atoms with Crippen LogP contribution in [0.15, 0.2) is 77.7 Å². The fourth-order valence-corrected chi connectivity index (χ4v) is 5.79. The summed E-state index contributed by atoms with van der Waals surface area (Å²) in [5.74, 6) is -0.885. The zero-order chi connectivity index (χ0) is 29.4. The second kappa shape index (κ2) is 14.0. The molecule has 0 aliphatic carbocycles. The van der Waals surface area contributed by atoms with Crippen molar-refractivity contribution in [3.8, 4) is 0 Å². The summed E-state index contributed by atoms with van der Waals surface area (Å²) in [5.41, 5.74) is 2.03. The van der Waals surface area contributed by atoms with Crippen LogP contribution >= 0.6 is 23.2 Å². The normalized spacial score (nSPS) is 12.8. The molecule has 0 radical (unpaired) electrons. The van der Waals surface area contributed by atoms with Gasteiger partial charge in [0.2, 0.25) is 11.8 Å². The van der Waals surface area contributed by atoms with E-state index in [2.05, 4.69) is 5.32 Å². The largest absolute Gasteiger partial charge is 0.352 e. The van der Waals surface area contributed by atoms with Gasteiger partial charge in [-0.3, -0.25) is 13.9 Å². The number of rotatable bonds is 12. The molecule has 10 heteroatoms. The van der Waals surface area contributed by atoms with Crippen molar-refractivity contribution < 1.29 is 18.0 Å². The van der Waals surface area contributed by atoms with Crippen LogP contribution in [0.4, 0.5) is 5.69 Å². The van der Waals surface area contributed by atoms with Gasteiger partial charge in [-0.25, -0.2) is 8.42 Å². The number of halogens is 2. The molecule has 0 saturated carbocycles. The van der Waals surface area contributed by atoms with E-state index in [1.807, 2.05) is 32.9 Å². The number of nitrogens with one attached hydrogen (secondary N) is 1. The summed E-state index contributed by atoms with van der Waals surface area (Å²) < 4.78 is 28.7. The lowest BCUT2D eigenvalue weighted by Crippen LogP contribution is -2.52. The summed E-state index contributed by atoms with van der Waals surface area (Å²) in [6, 6.07) is 19.0. The van der Waals surface area contributed by atoms with E-state index in [0.29, 0.717) is 21.3 Å². The third kappa shape index (κ3) is 7.77. The first kappa shape index (κ1) is 31.5. The average molecular weight is 605 g/mol. The van der Waals surface area contributed by atoms with Crippen molar-refractivity contribution >= 4 is 50.7 Å². The molecule has 3 aromatic carbocycles. The number of hydrogen-bond acceptors (Lipinski definition) is 4. The van der Waals surface area contributed by atoms with Crippen LogP contribution in [-0.4, -0.2) is 43.8 Å². The van der Waals surface area contributed by atoms with Crippen molar-refractivity contribution in [3.05, 3.63) is 94.0 Å². The number of anilines is 1. The second-order valence-electron chi connectivity index (χ2n) is 9.61. The molecular weight excluding hydrogens is 569 g/mol. The first-order chi connectivity index (χ1) is 19.0. The van der Waals surface area contributed by atoms with Crippen molar-refractivity contribution in [1.82, 2.24) is 10.2 Å². The van der Waals surface area contributed by atoms with Crippen LogP contribution in [0.3, 0.4) is 0 Å². The maximum Gasteiger partial charge on any atom is 0.264 e. The SMILES string of the molecule is CCc1ccc(N(CC(=O)N(Cc2ccc(Cl)c(Cl)c2)[C@H](C)C(=O)N[C@H](C)CC)S(=O)(=O)c2ccccc2)cc1. The summed E-state index contributed by atoms with van der Waals surface area (Å²) in [5, 5.41) is 3.59. The molecule has 0 saturated heterocycles. The van der Waals surface area contributed by atoms with E-state index in [1.165, 1.54) is 17.0 Å². The van der Waals surface area contributed by atoms with Crippen molar-refractivity contribution in [1.29, 1.82) is 0 Å². The van der Waals surface area contributed by atoms with Gasteiger partial charge in [-0.2, -0.15) is 0 Å². The van der Waals surface area contributed by atoms with Crippen molar-refractivity contribution in [3.63, 3.8) is 0 Å². The van der Waals surface area contributed by atoms with Crippen molar-refractivity contribution in [2.45, 2.75) is 64.1 Å². The first-order valence-corrected chi connectivity index (χ1v) is 15.4. The Morgan fingerprint density at radius 1 is 0.875 bits per heavy atom. The van der Waals surface area contributed by atoms with E-state index in [4.69, 9.17) is 23.2 Å². The Bertz CT molecular complexity index is 1420. The van der Waals surface area contributed by atoms with Crippen LogP contribution in [0.2, 0.25) is 10.0 Å². The minimum atomic E-state index is -4.11. The first-order valence-electron chi connectivity index (χ1n) is 13.2. The van der Waals surface area contributed by atoms with Gasteiger partial charge in [0.1, 0.15) is 12.6 Å². The molecule has 0 bridgehead atoms. The molecule has 0 heterocycles. The zero-order valence-electron chi connectivity index (χ0n) is 23.1. The molecule has 40 heavy (non-hydrogen) atoms. The van der Waals surface area contributed by atoms with Crippen LogP contribution in [0, 0.1) is 0 Å². The number of carbonyl (C=O) groups is 2. The molecule has 7 nitrogen and oxygen atoms in total. The predicted molar refractivity (Wildman–Crippen MR) is 161 cm³/mol. The Morgan fingerprint density at radius 2 is 1.50 bits per heavy atom. The lowest BCUT2D eigenvalue weighted by atomic mass is 10.1. The van der Waals surface area contributed by atoms with E-state index >= 15 is 0 Å². The summed E-state index contributed by atoms with van der Waals surface area (Å²) in [7, 11) is -4.11. The highest BCUT2D eigenvalue weighted by Gasteiger charge is 2.32. The van der Waals surface area contributed by atoms with E-state index in [1.54, 1.807) is 55.5 Å². The van der Waals surface area contributed by atoms with E-state index in [0.717, 1.165) is 22.7 Å². The molecule has 0 fully saturated rings. The summed E-state index contributed by atoms with van der Waals surface area (Å²) in [4.78, 5) is 28.5. The van der Waals surface area contributed by atoms with Crippen LogP contribution in [0.1, 0.15) is 45.2 Å². The molecule has 3 rings (SSSR count). The Balaban J connectivity index is 2.03. The molecule has 1 N–H and O–H groups in total. The lowest BCUT2D eigenvalue weighted by Gasteiger charge is -2.32.